The lowest BCUT2D eigenvalue weighted by Gasteiger charge is -2.12. The van der Waals surface area contributed by atoms with Gasteiger partial charge in [0.05, 0.1) is 18.9 Å². The van der Waals surface area contributed by atoms with Gasteiger partial charge in [-0.05, 0) is 36.6 Å². The van der Waals surface area contributed by atoms with Crippen LogP contribution in [0.15, 0.2) is 60.8 Å². The lowest BCUT2D eigenvalue weighted by molar-refractivity contribution is -0.124. The van der Waals surface area contributed by atoms with E-state index in [0.29, 0.717) is 28.6 Å². The summed E-state index contributed by atoms with van der Waals surface area (Å²) >= 11 is 0. The Morgan fingerprint density at radius 1 is 1.21 bits per heavy atom. The van der Waals surface area contributed by atoms with E-state index >= 15 is 0 Å². The summed E-state index contributed by atoms with van der Waals surface area (Å²) in [6.07, 6.45) is 11.1. The molecule has 3 N–H and O–H groups in total. The largest absolute Gasteiger partial charge is 0.367 e. The number of amides is 2. The van der Waals surface area contributed by atoms with Crippen LogP contribution >= 0.6 is 0 Å². The molecule has 4 heterocycles. The molecule has 10 heteroatoms. The van der Waals surface area contributed by atoms with E-state index in [1.165, 1.54) is 0 Å². The molecule has 1 saturated heterocycles. The summed E-state index contributed by atoms with van der Waals surface area (Å²) in [5.74, 6) is 0.808. The fourth-order valence-electron chi connectivity index (χ4n) is 3.98. The van der Waals surface area contributed by atoms with Crippen molar-refractivity contribution >= 4 is 40.9 Å². The quantitative estimate of drug-likeness (QED) is 0.290. The van der Waals surface area contributed by atoms with Crippen LogP contribution in [0.25, 0.3) is 11.7 Å². The zero-order valence-electron chi connectivity index (χ0n) is 18.2. The van der Waals surface area contributed by atoms with Crippen molar-refractivity contribution in [1.82, 2.24) is 29.5 Å². The Morgan fingerprint density at radius 2 is 2.12 bits per heavy atom. The Kier molecular flexibility index (Phi) is 4.83. The standard InChI is InChI=1S/C24H22N8O2/c33-22-10-16(24(34)30-22)9-17-12-26-32-21(28-18-4-5-18)11-20(29-23(17)32)27-19-3-1-2-15(8-19)13-31-7-6-25-14-31/h1-3,6-9,11-12,14,18,28H,4-5,10,13H2,(H,27,29)(H,30,33,34)/b16-9+. The van der Waals surface area contributed by atoms with E-state index in [0.717, 1.165) is 36.5 Å². The van der Waals surface area contributed by atoms with Gasteiger partial charge in [0.2, 0.25) is 5.91 Å². The molecule has 0 bridgehead atoms. The lowest BCUT2D eigenvalue weighted by atomic mass is 10.1. The first kappa shape index (κ1) is 20.2. The van der Waals surface area contributed by atoms with E-state index in [-0.39, 0.29) is 18.2 Å². The number of rotatable bonds is 7. The predicted molar refractivity (Wildman–Crippen MR) is 126 cm³/mol. The zero-order valence-corrected chi connectivity index (χ0v) is 18.2. The van der Waals surface area contributed by atoms with Gasteiger partial charge >= 0.3 is 0 Å². The normalized spacial score (nSPS) is 16.9. The number of imidazole rings is 1. The van der Waals surface area contributed by atoms with Gasteiger partial charge in [-0.2, -0.15) is 9.61 Å². The molecule has 1 aliphatic carbocycles. The van der Waals surface area contributed by atoms with E-state index in [9.17, 15) is 9.59 Å². The van der Waals surface area contributed by atoms with Gasteiger partial charge in [0, 0.05) is 47.9 Å². The van der Waals surface area contributed by atoms with Crippen LogP contribution in [-0.4, -0.2) is 42.0 Å². The number of imide groups is 1. The topological polar surface area (TPSA) is 118 Å². The number of carbonyl (C=O) groups excluding carboxylic acids is 2. The van der Waals surface area contributed by atoms with E-state index in [1.807, 2.05) is 29.0 Å². The highest BCUT2D eigenvalue weighted by molar-refractivity contribution is 6.15. The van der Waals surface area contributed by atoms with Crippen LogP contribution in [0.1, 0.15) is 30.4 Å². The minimum atomic E-state index is -0.371. The molecule has 3 aromatic heterocycles. The zero-order chi connectivity index (χ0) is 23.1. The van der Waals surface area contributed by atoms with Crippen LogP contribution in [0, 0.1) is 0 Å². The van der Waals surface area contributed by atoms with Crippen molar-refractivity contribution in [3.63, 3.8) is 0 Å². The summed E-state index contributed by atoms with van der Waals surface area (Å²) in [4.78, 5) is 32.5. The molecule has 10 nitrogen and oxygen atoms in total. The van der Waals surface area contributed by atoms with Crippen molar-refractivity contribution in [2.24, 2.45) is 0 Å². The molecular weight excluding hydrogens is 432 g/mol. The summed E-state index contributed by atoms with van der Waals surface area (Å²) in [5.41, 5.74) is 3.72. The first-order valence-corrected chi connectivity index (χ1v) is 11.1. The summed E-state index contributed by atoms with van der Waals surface area (Å²) in [6, 6.07) is 10.5. The maximum Gasteiger partial charge on any atom is 0.254 e. The highest BCUT2D eigenvalue weighted by Crippen LogP contribution is 2.29. The lowest BCUT2D eigenvalue weighted by Crippen LogP contribution is -2.19. The number of nitrogens with one attached hydrogen (secondary N) is 3. The second-order valence-electron chi connectivity index (χ2n) is 8.56. The first-order valence-electron chi connectivity index (χ1n) is 11.1. The molecule has 0 radical (unpaired) electrons. The molecule has 2 aliphatic rings. The third-order valence-corrected chi connectivity index (χ3v) is 5.78. The average Bonchev–Trinajstić information content (AvgIpc) is 3.15. The Labute approximate surface area is 194 Å². The maximum absolute atomic E-state index is 12.0. The van der Waals surface area contributed by atoms with Gasteiger partial charge in [-0.15, -0.1) is 0 Å². The third-order valence-electron chi connectivity index (χ3n) is 5.78. The monoisotopic (exact) mass is 454 g/mol. The van der Waals surface area contributed by atoms with Gasteiger partial charge in [-0.1, -0.05) is 12.1 Å². The Balaban J connectivity index is 1.35. The molecule has 2 fully saturated rings. The van der Waals surface area contributed by atoms with Crippen molar-refractivity contribution in [1.29, 1.82) is 0 Å². The van der Waals surface area contributed by atoms with E-state index < -0.39 is 0 Å². The number of hydrogen-bond acceptors (Lipinski definition) is 7. The third kappa shape index (κ3) is 4.13. The number of aromatic nitrogens is 5. The number of anilines is 3. The first-order chi connectivity index (χ1) is 16.6. The van der Waals surface area contributed by atoms with Gasteiger partial charge in [-0.3, -0.25) is 14.9 Å². The van der Waals surface area contributed by atoms with Crippen LogP contribution in [0.3, 0.4) is 0 Å². The molecule has 0 unspecified atom stereocenters. The molecule has 2 amide bonds. The van der Waals surface area contributed by atoms with Gasteiger partial charge in [-0.25, -0.2) is 9.97 Å². The SMILES string of the molecule is O=C1C/C(=C\c2cnn3c(NC4CC4)cc(Nc4cccc(Cn5ccnc5)c4)nc23)C(=O)N1. The molecule has 0 atom stereocenters. The van der Waals surface area contributed by atoms with Crippen molar-refractivity contribution in [3.8, 4) is 0 Å². The fraction of sp³-hybridized carbons (Fsp3) is 0.208. The smallest absolute Gasteiger partial charge is 0.254 e. The summed E-state index contributed by atoms with van der Waals surface area (Å²) in [7, 11) is 0. The van der Waals surface area contributed by atoms with Gasteiger partial charge < -0.3 is 15.2 Å². The number of nitrogens with zero attached hydrogens (tertiary/aromatic N) is 5. The van der Waals surface area contributed by atoms with E-state index in [2.05, 4.69) is 38.2 Å². The summed E-state index contributed by atoms with van der Waals surface area (Å²) in [5, 5.41) is 13.7. The molecule has 170 valence electrons. The highest BCUT2D eigenvalue weighted by atomic mass is 16.2. The number of benzene rings is 1. The Hall–Kier alpha value is -4.47. The Morgan fingerprint density at radius 3 is 2.88 bits per heavy atom. The van der Waals surface area contributed by atoms with Crippen LogP contribution in [0.2, 0.25) is 0 Å². The van der Waals surface area contributed by atoms with Crippen LogP contribution in [-0.2, 0) is 16.1 Å². The van der Waals surface area contributed by atoms with Crippen LogP contribution in [0.4, 0.5) is 17.3 Å². The maximum atomic E-state index is 12.0. The fourth-order valence-corrected chi connectivity index (χ4v) is 3.98. The van der Waals surface area contributed by atoms with E-state index in [4.69, 9.17) is 4.98 Å². The van der Waals surface area contributed by atoms with Crippen molar-refractivity contribution in [2.75, 3.05) is 10.6 Å². The molecule has 1 saturated carbocycles. The average molecular weight is 454 g/mol. The predicted octanol–water partition coefficient (Wildman–Crippen LogP) is 2.72. The molecular formula is C24H22N8O2. The summed E-state index contributed by atoms with van der Waals surface area (Å²) < 4.78 is 3.75. The minimum absolute atomic E-state index is 0.0605. The van der Waals surface area contributed by atoms with Gasteiger partial charge in [0.15, 0.2) is 5.65 Å². The number of hydrogen-bond donors (Lipinski definition) is 3. The van der Waals surface area contributed by atoms with Gasteiger partial charge in [0.1, 0.15) is 11.6 Å². The molecule has 1 aliphatic heterocycles. The minimum Gasteiger partial charge on any atom is -0.367 e. The number of fused-ring (bicyclic) bond motifs is 1. The van der Waals surface area contributed by atoms with Crippen molar-refractivity contribution in [2.45, 2.75) is 31.8 Å². The van der Waals surface area contributed by atoms with E-state index in [1.54, 1.807) is 29.3 Å². The summed E-state index contributed by atoms with van der Waals surface area (Å²) in [6.45, 7) is 0.720. The van der Waals surface area contributed by atoms with Crippen LogP contribution in [0.5, 0.6) is 0 Å². The molecule has 34 heavy (non-hydrogen) atoms. The molecule has 1 aromatic carbocycles. The van der Waals surface area contributed by atoms with Crippen molar-refractivity contribution < 1.29 is 9.59 Å². The molecule has 4 aromatic rings. The van der Waals surface area contributed by atoms with Crippen LogP contribution < -0.4 is 16.0 Å². The molecule has 0 spiro atoms. The van der Waals surface area contributed by atoms with Crippen molar-refractivity contribution in [3.05, 3.63) is 71.9 Å². The number of carbonyl (C=O) groups is 2. The Bertz CT molecular complexity index is 1430. The highest BCUT2D eigenvalue weighted by Gasteiger charge is 2.25. The second kappa shape index (κ2) is 8.14. The molecule has 6 rings (SSSR count). The van der Waals surface area contributed by atoms with Gasteiger partial charge in [0.25, 0.3) is 5.91 Å². The second-order valence-corrected chi connectivity index (χ2v) is 8.56.